The number of hydrogen-bond acceptors (Lipinski definition) is 0. The van der Waals surface area contributed by atoms with E-state index in [0.29, 0.717) is 0 Å². The average molecular weight is 330 g/mol. The second-order valence-electron chi connectivity index (χ2n) is 6.85. The van der Waals surface area contributed by atoms with Crippen LogP contribution in [0.4, 0.5) is 0 Å². The molecule has 26 heavy (non-hydrogen) atoms. The van der Waals surface area contributed by atoms with Gasteiger partial charge in [-0.2, -0.15) is 4.57 Å². The maximum Gasteiger partial charge on any atom is 0.218 e. The molecule has 0 aliphatic rings. The minimum Gasteiger partial charge on any atom is -0.167 e. The number of aromatic nitrogens is 1. The standard InChI is InChI=1S/C25H16N/c1-2-15-26(16-3-1)23-14-13-21-19-10-5-8-17-7-4-9-18(24(17)19)20-11-6-12-22(23)25(20)21/h1-16H/q+1. The molecule has 0 spiro atoms. The molecule has 0 amide bonds. The highest BCUT2D eigenvalue weighted by Crippen LogP contribution is 2.40. The Kier molecular flexibility index (Phi) is 2.67. The van der Waals surface area contributed by atoms with Crippen LogP contribution in [0.25, 0.3) is 48.8 Å². The first-order chi connectivity index (χ1) is 12.9. The summed E-state index contributed by atoms with van der Waals surface area (Å²) in [7, 11) is 0. The molecule has 1 nitrogen and oxygen atoms in total. The summed E-state index contributed by atoms with van der Waals surface area (Å²) in [4.78, 5) is 0. The van der Waals surface area contributed by atoms with Gasteiger partial charge in [-0.1, -0.05) is 54.6 Å². The summed E-state index contributed by atoms with van der Waals surface area (Å²) in [5.41, 5.74) is 1.22. The van der Waals surface area contributed by atoms with Gasteiger partial charge < -0.3 is 0 Å². The van der Waals surface area contributed by atoms with E-state index in [2.05, 4.69) is 102 Å². The third kappa shape index (κ3) is 1.72. The van der Waals surface area contributed by atoms with E-state index in [1.165, 1.54) is 48.8 Å². The quantitative estimate of drug-likeness (QED) is 0.197. The van der Waals surface area contributed by atoms with E-state index in [1.54, 1.807) is 0 Å². The number of pyridine rings is 1. The van der Waals surface area contributed by atoms with E-state index in [4.69, 9.17) is 0 Å². The van der Waals surface area contributed by atoms with Crippen LogP contribution in [0.2, 0.25) is 0 Å². The highest BCUT2D eigenvalue weighted by atomic mass is 14.9. The Hall–Kier alpha value is -3.45. The van der Waals surface area contributed by atoms with E-state index >= 15 is 0 Å². The van der Waals surface area contributed by atoms with Crippen LogP contribution in [0.5, 0.6) is 0 Å². The van der Waals surface area contributed by atoms with Gasteiger partial charge in [0.1, 0.15) is 0 Å². The number of rotatable bonds is 1. The number of fused-ring (bicyclic) bond motifs is 2. The predicted molar refractivity (Wildman–Crippen MR) is 109 cm³/mol. The molecule has 0 saturated carbocycles. The predicted octanol–water partition coefficient (Wildman–Crippen LogP) is 6.01. The maximum atomic E-state index is 2.28. The molecule has 6 rings (SSSR count). The molecule has 0 bridgehead atoms. The topological polar surface area (TPSA) is 3.88 Å². The Labute approximate surface area is 151 Å². The van der Waals surface area contributed by atoms with Gasteiger partial charge in [0.05, 0.1) is 5.39 Å². The molecule has 6 aromatic rings. The Balaban J connectivity index is 1.91. The summed E-state index contributed by atoms with van der Waals surface area (Å²) < 4.78 is 2.20. The first-order valence-corrected chi connectivity index (χ1v) is 8.97. The first-order valence-electron chi connectivity index (χ1n) is 8.97. The average Bonchev–Trinajstić information content (AvgIpc) is 2.72. The van der Waals surface area contributed by atoms with Crippen LogP contribution in [0, 0.1) is 0 Å². The minimum absolute atomic E-state index is 1.22. The van der Waals surface area contributed by atoms with E-state index in [0.717, 1.165) is 0 Å². The lowest BCUT2D eigenvalue weighted by atomic mass is 9.89. The van der Waals surface area contributed by atoms with Gasteiger partial charge in [-0.15, -0.1) is 0 Å². The summed E-state index contributed by atoms with van der Waals surface area (Å²) in [6.45, 7) is 0. The fraction of sp³-hybridized carbons (Fsp3) is 0. The van der Waals surface area contributed by atoms with Gasteiger partial charge in [-0.25, -0.2) is 0 Å². The maximum absolute atomic E-state index is 2.28. The second-order valence-corrected chi connectivity index (χ2v) is 6.85. The Morgan fingerprint density at radius 3 is 1.73 bits per heavy atom. The monoisotopic (exact) mass is 330 g/mol. The molecule has 5 aromatic carbocycles. The summed E-state index contributed by atoms with van der Waals surface area (Å²) in [5.74, 6) is 0. The van der Waals surface area contributed by atoms with E-state index < -0.39 is 0 Å². The lowest BCUT2D eigenvalue weighted by Crippen LogP contribution is -2.29. The van der Waals surface area contributed by atoms with Crippen LogP contribution in [-0.4, -0.2) is 0 Å². The van der Waals surface area contributed by atoms with Crippen molar-refractivity contribution in [3.63, 3.8) is 0 Å². The van der Waals surface area contributed by atoms with Crippen LogP contribution in [0.15, 0.2) is 97.3 Å². The van der Waals surface area contributed by atoms with Gasteiger partial charge in [-0.3, -0.25) is 0 Å². The van der Waals surface area contributed by atoms with Gasteiger partial charge in [-0.05, 0) is 44.5 Å². The van der Waals surface area contributed by atoms with Crippen molar-refractivity contribution in [2.24, 2.45) is 0 Å². The first kappa shape index (κ1) is 13.8. The largest absolute Gasteiger partial charge is 0.218 e. The third-order valence-corrected chi connectivity index (χ3v) is 5.50. The molecular formula is C25H16N+. The molecular weight excluding hydrogens is 314 g/mol. The Morgan fingerprint density at radius 1 is 0.423 bits per heavy atom. The van der Waals surface area contributed by atoms with E-state index in [1.807, 2.05) is 0 Å². The highest BCUT2D eigenvalue weighted by molar-refractivity contribution is 6.33. The fourth-order valence-corrected chi connectivity index (χ4v) is 4.41. The Bertz CT molecular complexity index is 1360. The van der Waals surface area contributed by atoms with Gasteiger partial charge in [0.15, 0.2) is 12.4 Å². The SMILES string of the molecule is c1cc[n+](-c2ccc3c4cccc5cccc(c6cccc2c63)c54)cc1. The normalized spacial score (nSPS) is 11.8. The summed E-state index contributed by atoms with van der Waals surface area (Å²) in [6, 6.07) is 30.7. The fourth-order valence-electron chi connectivity index (χ4n) is 4.41. The van der Waals surface area contributed by atoms with Crippen molar-refractivity contribution in [2.75, 3.05) is 0 Å². The summed E-state index contributed by atoms with van der Waals surface area (Å²) >= 11 is 0. The molecule has 0 radical (unpaired) electrons. The minimum atomic E-state index is 1.22. The molecule has 1 heterocycles. The second kappa shape index (κ2) is 5.03. The molecule has 0 atom stereocenters. The van der Waals surface area contributed by atoms with Crippen LogP contribution in [0.1, 0.15) is 0 Å². The molecule has 120 valence electrons. The summed E-state index contributed by atoms with van der Waals surface area (Å²) in [6.07, 6.45) is 4.23. The van der Waals surface area contributed by atoms with Crippen molar-refractivity contribution in [3.05, 3.63) is 97.3 Å². The van der Waals surface area contributed by atoms with Crippen LogP contribution < -0.4 is 4.57 Å². The molecule has 0 fully saturated rings. The molecule has 0 aliphatic heterocycles. The zero-order valence-corrected chi connectivity index (χ0v) is 14.2. The Morgan fingerprint density at radius 2 is 1.00 bits per heavy atom. The van der Waals surface area contributed by atoms with Crippen LogP contribution >= 0.6 is 0 Å². The molecule has 0 aliphatic carbocycles. The zero-order chi connectivity index (χ0) is 17.1. The van der Waals surface area contributed by atoms with Gasteiger partial charge in [0, 0.05) is 23.6 Å². The lowest BCUT2D eigenvalue weighted by molar-refractivity contribution is -0.594. The van der Waals surface area contributed by atoms with Crippen LogP contribution in [0.3, 0.4) is 0 Å². The molecule has 0 saturated heterocycles. The van der Waals surface area contributed by atoms with E-state index in [9.17, 15) is 0 Å². The van der Waals surface area contributed by atoms with Crippen molar-refractivity contribution < 1.29 is 4.57 Å². The van der Waals surface area contributed by atoms with Crippen molar-refractivity contribution >= 4 is 43.1 Å². The van der Waals surface area contributed by atoms with Crippen LogP contribution in [-0.2, 0) is 0 Å². The highest BCUT2D eigenvalue weighted by Gasteiger charge is 2.17. The molecule has 0 N–H and O–H groups in total. The number of benzene rings is 5. The van der Waals surface area contributed by atoms with Crippen molar-refractivity contribution in [3.8, 4) is 5.69 Å². The lowest BCUT2D eigenvalue weighted by Gasteiger charge is -2.14. The third-order valence-electron chi connectivity index (χ3n) is 5.50. The van der Waals surface area contributed by atoms with Gasteiger partial charge in [0.25, 0.3) is 0 Å². The molecule has 0 unspecified atom stereocenters. The number of hydrogen-bond donors (Lipinski definition) is 0. The van der Waals surface area contributed by atoms with Crippen molar-refractivity contribution in [1.82, 2.24) is 0 Å². The molecule has 1 heteroatoms. The number of nitrogens with zero attached hydrogens (tertiary/aromatic N) is 1. The van der Waals surface area contributed by atoms with E-state index in [-0.39, 0.29) is 0 Å². The van der Waals surface area contributed by atoms with Crippen molar-refractivity contribution in [2.45, 2.75) is 0 Å². The smallest absolute Gasteiger partial charge is 0.167 e. The molecule has 1 aromatic heterocycles. The van der Waals surface area contributed by atoms with Crippen molar-refractivity contribution in [1.29, 1.82) is 0 Å². The zero-order valence-electron chi connectivity index (χ0n) is 14.2. The summed E-state index contributed by atoms with van der Waals surface area (Å²) in [5, 5.41) is 10.7. The van der Waals surface area contributed by atoms with Gasteiger partial charge in [0.2, 0.25) is 5.69 Å². The van der Waals surface area contributed by atoms with Gasteiger partial charge >= 0.3 is 0 Å².